The lowest BCUT2D eigenvalue weighted by molar-refractivity contribution is 1.18. The molecule has 4 heterocycles. The van der Waals surface area contributed by atoms with Crippen LogP contribution in [0.3, 0.4) is 0 Å². The van der Waals surface area contributed by atoms with Crippen LogP contribution < -0.4 is 0 Å². The van der Waals surface area contributed by atoms with Crippen molar-refractivity contribution in [1.29, 1.82) is 0 Å². The van der Waals surface area contributed by atoms with Crippen molar-refractivity contribution in [3.8, 4) is 5.69 Å². The van der Waals surface area contributed by atoms with Crippen molar-refractivity contribution in [2.24, 2.45) is 0 Å². The number of hydrogen-bond acceptors (Lipinski definition) is 1. The first kappa shape index (κ1) is 16.3. The van der Waals surface area contributed by atoms with Gasteiger partial charge in [0.25, 0.3) is 0 Å². The van der Waals surface area contributed by atoms with E-state index in [0.29, 0.717) is 0 Å². The minimum Gasteiger partial charge on any atom is -0.315 e. The number of benzene rings is 4. The Morgan fingerprint density at radius 1 is 0.562 bits per heavy atom. The van der Waals surface area contributed by atoms with Gasteiger partial charge in [0.2, 0.25) is 0 Å². The third-order valence-electron chi connectivity index (χ3n) is 6.90. The monoisotopic (exact) mass is 407 g/mol. The molecule has 0 fully saturated rings. The van der Waals surface area contributed by atoms with Gasteiger partial charge < -0.3 is 8.97 Å². The molecule has 0 amide bonds. The Morgan fingerprint density at radius 3 is 2.22 bits per heavy atom. The maximum Gasteiger partial charge on any atom is 0.0723 e. The molecule has 0 saturated heterocycles. The molecule has 0 aliphatic heterocycles. The summed E-state index contributed by atoms with van der Waals surface area (Å²) in [5.41, 5.74) is 7.20. The lowest BCUT2D eigenvalue weighted by Gasteiger charge is -2.07. The van der Waals surface area contributed by atoms with Gasteiger partial charge in [0, 0.05) is 50.4 Å². The summed E-state index contributed by atoms with van der Waals surface area (Å²) in [6.07, 6.45) is 4.27. The zero-order valence-corrected chi connectivity index (χ0v) is 17.2. The van der Waals surface area contributed by atoms with E-state index < -0.39 is 0 Å². The summed E-state index contributed by atoms with van der Waals surface area (Å²) in [6, 6.07) is 32.4. The van der Waals surface area contributed by atoms with Gasteiger partial charge in [-0.1, -0.05) is 54.6 Å². The Hall–Kier alpha value is -4.37. The van der Waals surface area contributed by atoms with Gasteiger partial charge in [-0.05, 0) is 36.4 Å². The van der Waals surface area contributed by atoms with Crippen LogP contribution in [-0.4, -0.2) is 14.0 Å². The number of pyridine rings is 1. The van der Waals surface area contributed by atoms with Gasteiger partial charge in [0.15, 0.2) is 0 Å². The molecule has 0 unspecified atom stereocenters. The number of rotatable bonds is 1. The summed E-state index contributed by atoms with van der Waals surface area (Å²) in [6.45, 7) is 0. The molecule has 0 aliphatic carbocycles. The number of aromatic nitrogens is 3. The fraction of sp³-hybridized carbons (Fsp3) is 0. The largest absolute Gasteiger partial charge is 0.315 e. The average Bonchev–Trinajstić information content (AvgIpc) is 3.52. The zero-order chi connectivity index (χ0) is 20.8. The summed E-state index contributed by atoms with van der Waals surface area (Å²) >= 11 is 0. The lowest BCUT2D eigenvalue weighted by Crippen LogP contribution is -1.92. The van der Waals surface area contributed by atoms with Crippen molar-refractivity contribution < 1.29 is 0 Å². The molecule has 3 nitrogen and oxygen atoms in total. The number of nitrogens with zero attached hydrogens (tertiary/aromatic N) is 3. The van der Waals surface area contributed by atoms with Crippen LogP contribution >= 0.6 is 0 Å². The van der Waals surface area contributed by atoms with Crippen LogP contribution in [0.1, 0.15) is 0 Å². The quantitative estimate of drug-likeness (QED) is 0.279. The minimum absolute atomic E-state index is 1.03. The van der Waals surface area contributed by atoms with E-state index in [-0.39, 0.29) is 0 Å². The summed E-state index contributed by atoms with van der Waals surface area (Å²) in [7, 11) is 0. The van der Waals surface area contributed by atoms with Gasteiger partial charge in [-0.3, -0.25) is 4.98 Å². The van der Waals surface area contributed by atoms with Crippen LogP contribution in [0.25, 0.3) is 65.6 Å². The molecule has 0 N–H and O–H groups in total. The summed E-state index contributed by atoms with van der Waals surface area (Å²) < 4.78 is 4.75. The van der Waals surface area contributed by atoms with Crippen molar-refractivity contribution in [1.82, 2.24) is 14.0 Å². The van der Waals surface area contributed by atoms with E-state index in [2.05, 4.69) is 106 Å². The molecule has 4 aromatic carbocycles. The van der Waals surface area contributed by atoms with Crippen LogP contribution in [0.15, 0.2) is 103 Å². The number of hydrogen-bond donors (Lipinski definition) is 0. The molecule has 0 radical (unpaired) electrons. The molecule has 0 spiro atoms. The van der Waals surface area contributed by atoms with Crippen LogP contribution in [0, 0.1) is 0 Å². The molecule has 8 aromatic rings. The molecule has 148 valence electrons. The highest BCUT2D eigenvalue weighted by atomic mass is 15.0. The second-order valence-corrected chi connectivity index (χ2v) is 8.49. The van der Waals surface area contributed by atoms with E-state index >= 15 is 0 Å². The van der Waals surface area contributed by atoms with E-state index in [1.807, 2.05) is 6.20 Å². The molecular weight excluding hydrogens is 390 g/mol. The highest BCUT2D eigenvalue weighted by molar-refractivity contribution is 6.30. The van der Waals surface area contributed by atoms with E-state index in [1.165, 1.54) is 60.1 Å². The van der Waals surface area contributed by atoms with Crippen molar-refractivity contribution in [2.45, 2.75) is 0 Å². The molecule has 0 atom stereocenters. The second-order valence-electron chi connectivity index (χ2n) is 8.49. The standard InChI is InChI=1S/C29H17N3/c1-2-8-18(9-3-1)32-25-13-7-5-11-20(25)27-21-14-15-31-28-19-10-4-6-12-24(19)30-17-23(28)22(29(21)31)16-26(27)32/h1-17H. The smallest absolute Gasteiger partial charge is 0.0723 e. The Balaban J connectivity index is 1.68. The molecule has 3 heteroatoms. The lowest BCUT2D eigenvalue weighted by atomic mass is 10.0. The van der Waals surface area contributed by atoms with Crippen LogP contribution in [0.2, 0.25) is 0 Å². The molecule has 0 saturated carbocycles. The zero-order valence-electron chi connectivity index (χ0n) is 17.2. The van der Waals surface area contributed by atoms with Gasteiger partial charge in [-0.2, -0.15) is 0 Å². The summed E-state index contributed by atoms with van der Waals surface area (Å²) in [5, 5.41) is 7.55. The van der Waals surface area contributed by atoms with Gasteiger partial charge in [0.1, 0.15) is 0 Å². The van der Waals surface area contributed by atoms with Gasteiger partial charge in [-0.25, -0.2) is 0 Å². The average molecular weight is 407 g/mol. The van der Waals surface area contributed by atoms with Crippen molar-refractivity contribution in [3.05, 3.63) is 103 Å². The maximum atomic E-state index is 4.79. The third-order valence-corrected chi connectivity index (χ3v) is 6.90. The molecule has 8 rings (SSSR count). The fourth-order valence-corrected chi connectivity index (χ4v) is 5.62. The fourth-order valence-electron chi connectivity index (χ4n) is 5.62. The van der Waals surface area contributed by atoms with Crippen molar-refractivity contribution in [3.63, 3.8) is 0 Å². The Morgan fingerprint density at radius 2 is 1.31 bits per heavy atom. The van der Waals surface area contributed by atoms with E-state index in [1.54, 1.807) is 0 Å². The predicted molar refractivity (Wildman–Crippen MR) is 133 cm³/mol. The highest BCUT2D eigenvalue weighted by Crippen LogP contribution is 2.43. The molecule has 0 aliphatic rings. The number of fused-ring (bicyclic) bond motifs is 9. The first-order valence-corrected chi connectivity index (χ1v) is 10.9. The van der Waals surface area contributed by atoms with Gasteiger partial charge in [0.05, 0.1) is 27.6 Å². The summed E-state index contributed by atoms with van der Waals surface area (Å²) in [5.74, 6) is 0. The first-order chi connectivity index (χ1) is 15.9. The maximum absolute atomic E-state index is 4.79. The molecule has 32 heavy (non-hydrogen) atoms. The Labute approximate surface area is 183 Å². The Kier molecular flexibility index (Phi) is 2.89. The normalized spacial score (nSPS) is 12.4. The van der Waals surface area contributed by atoms with Crippen LogP contribution in [-0.2, 0) is 0 Å². The highest BCUT2D eigenvalue weighted by Gasteiger charge is 2.21. The van der Waals surface area contributed by atoms with Gasteiger partial charge in [-0.15, -0.1) is 0 Å². The molecule has 0 bridgehead atoms. The van der Waals surface area contributed by atoms with Crippen LogP contribution in [0.5, 0.6) is 0 Å². The predicted octanol–water partition coefficient (Wildman–Crippen LogP) is 7.33. The molecular formula is C29H17N3. The van der Waals surface area contributed by atoms with E-state index in [9.17, 15) is 0 Å². The van der Waals surface area contributed by atoms with Crippen LogP contribution in [0.4, 0.5) is 0 Å². The number of para-hydroxylation sites is 3. The Bertz CT molecular complexity index is 1970. The SMILES string of the molecule is c1ccc(-n2c3ccccc3c3c4ccn5c6c7ccccc7ncc6c(cc32)c45)cc1. The van der Waals surface area contributed by atoms with Gasteiger partial charge >= 0.3 is 0 Å². The van der Waals surface area contributed by atoms with Crippen molar-refractivity contribution >= 4 is 59.9 Å². The minimum atomic E-state index is 1.03. The summed E-state index contributed by atoms with van der Waals surface area (Å²) in [4.78, 5) is 4.79. The third kappa shape index (κ3) is 1.85. The topological polar surface area (TPSA) is 22.2 Å². The van der Waals surface area contributed by atoms with E-state index in [0.717, 1.165) is 5.52 Å². The molecule has 4 aromatic heterocycles. The van der Waals surface area contributed by atoms with E-state index in [4.69, 9.17) is 4.98 Å². The van der Waals surface area contributed by atoms with Crippen molar-refractivity contribution in [2.75, 3.05) is 0 Å². The second kappa shape index (κ2) is 5.65. The first-order valence-electron chi connectivity index (χ1n) is 10.9.